The quantitative estimate of drug-likeness (QED) is 0.486. The monoisotopic (exact) mass is 453 g/mol. The molecule has 2 bridgehead atoms. The molecule has 10 heteroatoms. The van der Waals surface area contributed by atoms with Gasteiger partial charge in [-0.15, -0.1) is 0 Å². The number of aliphatic hydroxyl groups is 2. The Hall–Kier alpha value is -2.60. The number of likely N-dealkylation sites (N-methyl/N-ethyl adjacent to an activating group) is 1. The van der Waals surface area contributed by atoms with E-state index in [9.17, 15) is 30.3 Å². The summed E-state index contributed by atoms with van der Waals surface area (Å²) in [4.78, 5) is 33.1. The predicted molar refractivity (Wildman–Crippen MR) is 113 cm³/mol. The number of fused-ring (bicyclic) bond motifs is 2. The van der Waals surface area contributed by atoms with E-state index < -0.39 is 36.6 Å². The zero-order chi connectivity index (χ0) is 23.8. The van der Waals surface area contributed by atoms with Gasteiger partial charge >= 0.3 is 0 Å². The first-order chi connectivity index (χ1) is 15.9. The highest BCUT2D eigenvalue weighted by molar-refractivity contribution is 6.25. The van der Waals surface area contributed by atoms with Crippen LogP contribution >= 0.6 is 0 Å². The molecule has 0 aromatic rings. The highest BCUT2D eigenvalue weighted by Gasteiger charge is 2.68. The molecule has 5 aliphatic rings. The van der Waals surface area contributed by atoms with Crippen molar-refractivity contribution in [2.75, 3.05) is 33.9 Å². The van der Waals surface area contributed by atoms with E-state index in [1.807, 2.05) is 16.8 Å². The fourth-order valence-corrected chi connectivity index (χ4v) is 7.30. The molecule has 8 atom stereocenters. The summed E-state index contributed by atoms with van der Waals surface area (Å²) in [5, 5.41) is 40.7. The number of ketones is 2. The van der Waals surface area contributed by atoms with Gasteiger partial charge < -0.3 is 14.9 Å². The Balaban J connectivity index is 1.81. The summed E-state index contributed by atoms with van der Waals surface area (Å²) in [6, 6.07) is 1.42. The van der Waals surface area contributed by atoms with E-state index in [0.717, 1.165) is 0 Å². The summed E-state index contributed by atoms with van der Waals surface area (Å²) in [6.07, 6.45) is 0.616. The van der Waals surface area contributed by atoms with Crippen molar-refractivity contribution in [3.63, 3.8) is 0 Å². The minimum Gasteiger partial charge on any atom is -0.492 e. The highest BCUT2D eigenvalue weighted by atomic mass is 16.5. The molecule has 33 heavy (non-hydrogen) atoms. The topological polar surface area (TPSA) is 141 Å². The van der Waals surface area contributed by atoms with E-state index in [2.05, 4.69) is 17.0 Å². The first-order valence-corrected chi connectivity index (χ1v) is 11.2. The van der Waals surface area contributed by atoms with Crippen LogP contribution in [-0.4, -0.2) is 113 Å². The van der Waals surface area contributed by atoms with Crippen LogP contribution in [0, 0.1) is 28.6 Å². The molecule has 3 saturated heterocycles. The van der Waals surface area contributed by atoms with Gasteiger partial charge in [0.15, 0.2) is 11.5 Å². The molecule has 174 valence electrons. The van der Waals surface area contributed by atoms with E-state index in [0.29, 0.717) is 6.42 Å². The summed E-state index contributed by atoms with van der Waals surface area (Å²) in [7, 11) is 3.28. The van der Waals surface area contributed by atoms with E-state index in [4.69, 9.17) is 4.74 Å². The fourth-order valence-electron chi connectivity index (χ4n) is 7.30. The van der Waals surface area contributed by atoms with Gasteiger partial charge in [-0.25, -0.2) is 0 Å². The number of methoxy groups -OCH3 is 1. The number of rotatable bonds is 4. The van der Waals surface area contributed by atoms with Crippen molar-refractivity contribution in [2.24, 2.45) is 5.92 Å². The number of hydrogen-bond donors (Lipinski definition) is 2. The Morgan fingerprint density at radius 3 is 2.36 bits per heavy atom. The van der Waals surface area contributed by atoms with E-state index >= 15 is 0 Å². The largest absolute Gasteiger partial charge is 0.492 e. The van der Waals surface area contributed by atoms with Crippen molar-refractivity contribution >= 4 is 11.6 Å². The molecule has 4 heterocycles. The Morgan fingerprint density at radius 1 is 1.09 bits per heavy atom. The average Bonchev–Trinajstić information content (AvgIpc) is 3.07. The Labute approximate surface area is 191 Å². The van der Waals surface area contributed by atoms with Crippen LogP contribution in [-0.2, 0) is 14.3 Å². The van der Waals surface area contributed by atoms with Crippen LogP contribution in [0.3, 0.4) is 0 Å². The number of Topliss-reactive ketones (excluding diaryl/α,β-unsaturated/α-hetero) is 2. The molecule has 1 aliphatic carbocycles. The fraction of sp³-hybridized carbons (Fsp3) is 0.652. The average molecular weight is 453 g/mol. The number of aliphatic hydroxyl groups excluding tert-OH is 2. The summed E-state index contributed by atoms with van der Waals surface area (Å²) in [5.41, 5.74) is 0.603. The van der Waals surface area contributed by atoms with E-state index in [1.165, 1.54) is 7.11 Å². The van der Waals surface area contributed by atoms with Gasteiger partial charge in [-0.3, -0.25) is 24.3 Å². The van der Waals surface area contributed by atoms with Gasteiger partial charge in [0.2, 0.25) is 5.78 Å². The van der Waals surface area contributed by atoms with Gasteiger partial charge in [-0.2, -0.15) is 10.5 Å². The lowest BCUT2D eigenvalue weighted by atomic mass is 9.68. The number of allylic oxidation sites excluding steroid dienone is 2. The molecule has 0 aromatic carbocycles. The number of piperazine rings is 1. The van der Waals surface area contributed by atoms with Crippen LogP contribution in [0.1, 0.15) is 13.3 Å². The van der Waals surface area contributed by atoms with Crippen molar-refractivity contribution < 1.29 is 24.5 Å². The molecule has 0 amide bonds. The van der Waals surface area contributed by atoms with Crippen LogP contribution in [0.5, 0.6) is 0 Å². The molecule has 4 aliphatic heterocycles. The van der Waals surface area contributed by atoms with Crippen molar-refractivity contribution in [1.82, 2.24) is 14.7 Å². The second-order valence-electron chi connectivity index (χ2n) is 9.46. The Morgan fingerprint density at radius 2 is 1.79 bits per heavy atom. The Kier molecular flexibility index (Phi) is 5.20. The molecule has 2 N–H and O–H groups in total. The molecule has 10 nitrogen and oxygen atoms in total. The number of nitriles is 2. The van der Waals surface area contributed by atoms with Crippen LogP contribution in [0.2, 0.25) is 0 Å². The lowest BCUT2D eigenvalue weighted by Crippen LogP contribution is -2.78. The number of ether oxygens (including phenoxy) is 1. The zero-order valence-electron chi connectivity index (χ0n) is 18.8. The maximum atomic E-state index is 13.7. The minimum atomic E-state index is -0.826. The number of carbonyl (C=O) groups excluding carboxylic acids is 2. The first-order valence-electron chi connectivity index (χ1n) is 11.2. The second kappa shape index (κ2) is 7.73. The van der Waals surface area contributed by atoms with Crippen molar-refractivity contribution in [1.29, 1.82) is 10.5 Å². The second-order valence-corrected chi connectivity index (χ2v) is 9.46. The van der Waals surface area contributed by atoms with Crippen molar-refractivity contribution in [2.45, 2.75) is 55.6 Å². The number of hydrogen-bond acceptors (Lipinski definition) is 10. The van der Waals surface area contributed by atoms with Gasteiger partial charge in [0.1, 0.15) is 12.1 Å². The SMILES string of the molecule is COC1=C(C)C(=O)C2=C(C1=O)C(CO)N1C3C2N(CCO)C(C#N)[C@H]2C[C@H](C1C#N)N(C)C32. The highest BCUT2D eigenvalue weighted by Crippen LogP contribution is 2.53. The third-order valence-corrected chi connectivity index (χ3v) is 8.42. The molecular weight excluding hydrogens is 426 g/mol. The van der Waals surface area contributed by atoms with E-state index in [1.54, 1.807) is 6.92 Å². The number of piperidine rings is 1. The molecule has 3 fully saturated rings. The van der Waals surface area contributed by atoms with Gasteiger partial charge in [-0.1, -0.05) is 0 Å². The van der Waals surface area contributed by atoms with Crippen LogP contribution in [0.4, 0.5) is 0 Å². The number of nitrogens with zero attached hydrogens (tertiary/aromatic N) is 5. The maximum Gasteiger partial charge on any atom is 0.226 e. The smallest absolute Gasteiger partial charge is 0.226 e. The van der Waals surface area contributed by atoms with Crippen LogP contribution in [0.15, 0.2) is 22.5 Å². The number of β-amino-alcohol motifs (C(OH)–C–C–N with tert-alkyl or cyclic N) is 1. The van der Waals surface area contributed by atoms with Gasteiger partial charge in [0.25, 0.3) is 0 Å². The Bertz CT molecular complexity index is 1070. The van der Waals surface area contributed by atoms with E-state index in [-0.39, 0.29) is 65.5 Å². The predicted octanol–water partition coefficient (Wildman–Crippen LogP) is -1.44. The molecule has 0 radical (unpaired) electrons. The summed E-state index contributed by atoms with van der Waals surface area (Å²) in [6.45, 7) is 1.06. The zero-order valence-corrected chi connectivity index (χ0v) is 18.8. The minimum absolute atomic E-state index is 0.0551. The summed E-state index contributed by atoms with van der Waals surface area (Å²) < 4.78 is 5.28. The van der Waals surface area contributed by atoms with Gasteiger partial charge in [0, 0.05) is 47.3 Å². The van der Waals surface area contributed by atoms with Crippen molar-refractivity contribution in [3.8, 4) is 12.1 Å². The lowest BCUT2D eigenvalue weighted by molar-refractivity contribution is -0.130. The molecule has 6 unspecified atom stereocenters. The molecule has 0 aromatic heterocycles. The molecular formula is C23H27N5O5. The molecule has 5 rings (SSSR count). The lowest BCUT2D eigenvalue weighted by Gasteiger charge is -2.62. The summed E-state index contributed by atoms with van der Waals surface area (Å²) in [5.74, 6) is -0.954. The first kappa shape index (κ1) is 22.2. The van der Waals surface area contributed by atoms with Crippen molar-refractivity contribution in [3.05, 3.63) is 22.5 Å². The standard InChI is InChI=1S/C23H27N5O5/c1-10-21(31)17-16(22(32)23(10)33-3)15(9-30)28-14(8-25)12-6-11-13(7-24)27(4-5-29)19(17)20(28)18(11)26(12)2/h11-15,18-20,29-30H,4-6,9H2,1-3H3/t11-,12-,13?,14?,15?,18?,19?,20?/m1/s1. The number of carbonyl (C=O) groups is 2. The normalized spacial score (nSPS) is 40.6. The molecule has 0 saturated carbocycles. The van der Waals surface area contributed by atoms with Crippen LogP contribution in [0.25, 0.3) is 0 Å². The van der Waals surface area contributed by atoms with Crippen LogP contribution < -0.4 is 0 Å². The van der Waals surface area contributed by atoms with Gasteiger partial charge in [-0.05, 0) is 20.4 Å². The third-order valence-electron chi connectivity index (χ3n) is 8.42. The maximum absolute atomic E-state index is 13.7. The van der Waals surface area contributed by atoms with Gasteiger partial charge in [0.05, 0.1) is 44.5 Å². The third kappa shape index (κ3) is 2.59. The molecule has 0 spiro atoms. The summed E-state index contributed by atoms with van der Waals surface area (Å²) >= 11 is 0. The number of likely N-dealkylation sites (tertiary alicyclic amines) is 1.